The maximum absolute atomic E-state index is 5.75. The molecule has 2 rings (SSSR count). The molecule has 1 aromatic rings. The summed E-state index contributed by atoms with van der Waals surface area (Å²) in [6.07, 6.45) is 2.61. The molecule has 1 saturated carbocycles. The van der Waals surface area contributed by atoms with E-state index < -0.39 is 0 Å². The molecule has 0 unspecified atom stereocenters. The van der Waals surface area contributed by atoms with Gasteiger partial charge in [0.05, 0.1) is 0 Å². The van der Waals surface area contributed by atoms with Gasteiger partial charge in [-0.2, -0.15) is 0 Å². The van der Waals surface area contributed by atoms with Crippen molar-refractivity contribution >= 4 is 21.6 Å². The molecule has 0 aliphatic heterocycles. The highest BCUT2D eigenvalue weighted by Gasteiger charge is 2.24. The lowest BCUT2D eigenvalue weighted by Crippen LogP contribution is -2.39. The molecule has 1 aliphatic rings. The lowest BCUT2D eigenvalue weighted by Gasteiger charge is -2.33. The molecule has 3 heteroatoms. The van der Waals surface area contributed by atoms with E-state index in [4.69, 9.17) is 5.73 Å². The summed E-state index contributed by atoms with van der Waals surface area (Å²) in [5.74, 6) is 0.895. The Morgan fingerprint density at radius 3 is 2.87 bits per heavy atom. The van der Waals surface area contributed by atoms with Crippen molar-refractivity contribution in [1.82, 2.24) is 5.32 Å². The van der Waals surface area contributed by atoms with E-state index in [9.17, 15) is 0 Å². The highest BCUT2D eigenvalue weighted by Crippen LogP contribution is 2.27. The van der Waals surface area contributed by atoms with E-state index in [1.807, 2.05) is 18.2 Å². The molecule has 0 aromatic heterocycles. The third kappa shape index (κ3) is 2.73. The minimum atomic E-state index is 0.702. The number of nitrogens with two attached hydrogens (primary N) is 1. The predicted octanol–water partition coefficient (Wildman–Crippen LogP) is 2.92. The first-order valence-electron chi connectivity index (χ1n) is 5.42. The third-order valence-corrected chi connectivity index (χ3v) is 3.80. The topological polar surface area (TPSA) is 38.0 Å². The number of hydrogen-bond donors (Lipinski definition) is 2. The van der Waals surface area contributed by atoms with Crippen molar-refractivity contribution in [1.29, 1.82) is 0 Å². The van der Waals surface area contributed by atoms with Gasteiger partial charge in [-0.05, 0) is 42.5 Å². The van der Waals surface area contributed by atoms with Gasteiger partial charge < -0.3 is 11.1 Å². The normalized spacial score (nSPS) is 24.9. The zero-order valence-corrected chi connectivity index (χ0v) is 10.5. The molecule has 0 saturated heterocycles. The molecule has 0 spiro atoms. The van der Waals surface area contributed by atoms with Gasteiger partial charge >= 0.3 is 0 Å². The van der Waals surface area contributed by atoms with Gasteiger partial charge in [-0.15, -0.1) is 0 Å². The number of anilines is 1. The number of hydrogen-bond acceptors (Lipinski definition) is 2. The van der Waals surface area contributed by atoms with E-state index in [1.165, 1.54) is 18.4 Å². The van der Waals surface area contributed by atoms with Gasteiger partial charge in [0.1, 0.15) is 0 Å². The minimum absolute atomic E-state index is 0.702. The molecule has 82 valence electrons. The summed E-state index contributed by atoms with van der Waals surface area (Å²) in [7, 11) is 0. The van der Waals surface area contributed by atoms with Crippen molar-refractivity contribution < 1.29 is 0 Å². The van der Waals surface area contributed by atoms with Crippen molar-refractivity contribution in [2.75, 3.05) is 5.73 Å². The van der Waals surface area contributed by atoms with Crippen molar-refractivity contribution in [2.45, 2.75) is 32.4 Å². The van der Waals surface area contributed by atoms with Crippen LogP contribution in [0.4, 0.5) is 5.69 Å². The van der Waals surface area contributed by atoms with Crippen LogP contribution in [0.2, 0.25) is 0 Å². The fourth-order valence-electron chi connectivity index (χ4n) is 2.05. The van der Waals surface area contributed by atoms with E-state index in [0.29, 0.717) is 6.04 Å². The van der Waals surface area contributed by atoms with Crippen LogP contribution in [0.5, 0.6) is 0 Å². The molecule has 0 amide bonds. The molecule has 2 nitrogen and oxygen atoms in total. The zero-order chi connectivity index (χ0) is 10.8. The van der Waals surface area contributed by atoms with Gasteiger partial charge in [0, 0.05) is 22.7 Å². The van der Waals surface area contributed by atoms with E-state index in [2.05, 4.69) is 28.2 Å². The molecule has 0 atom stereocenters. The Labute approximate surface area is 99.4 Å². The Morgan fingerprint density at radius 1 is 1.47 bits per heavy atom. The average Bonchev–Trinajstić information content (AvgIpc) is 2.16. The van der Waals surface area contributed by atoms with Crippen molar-refractivity contribution in [2.24, 2.45) is 5.92 Å². The van der Waals surface area contributed by atoms with Gasteiger partial charge in [-0.1, -0.05) is 22.9 Å². The van der Waals surface area contributed by atoms with Crippen LogP contribution in [-0.4, -0.2) is 6.04 Å². The third-order valence-electron chi connectivity index (χ3n) is 3.02. The van der Waals surface area contributed by atoms with Gasteiger partial charge in [0.2, 0.25) is 0 Å². The first-order chi connectivity index (χ1) is 7.15. The summed E-state index contributed by atoms with van der Waals surface area (Å²) < 4.78 is 1.14. The summed E-state index contributed by atoms with van der Waals surface area (Å²) in [5.41, 5.74) is 7.83. The van der Waals surface area contributed by atoms with Crippen LogP contribution in [0, 0.1) is 5.92 Å². The summed E-state index contributed by atoms with van der Waals surface area (Å²) in [6.45, 7) is 3.21. The van der Waals surface area contributed by atoms with E-state index >= 15 is 0 Å². The largest absolute Gasteiger partial charge is 0.399 e. The molecule has 0 heterocycles. The molecular formula is C12H17BrN2. The van der Waals surface area contributed by atoms with Gasteiger partial charge in [0.15, 0.2) is 0 Å². The second-order valence-corrected chi connectivity index (χ2v) is 5.36. The molecule has 3 N–H and O–H groups in total. The Morgan fingerprint density at radius 2 is 2.20 bits per heavy atom. The second-order valence-electron chi connectivity index (χ2n) is 4.51. The molecule has 1 aliphatic carbocycles. The van der Waals surface area contributed by atoms with Crippen molar-refractivity contribution in [3.05, 3.63) is 28.2 Å². The Kier molecular flexibility index (Phi) is 3.32. The Hall–Kier alpha value is -0.540. The first-order valence-corrected chi connectivity index (χ1v) is 6.21. The van der Waals surface area contributed by atoms with Gasteiger partial charge in [-0.25, -0.2) is 0 Å². The smallest absolute Gasteiger partial charge is 0.0318 e. The lowest BCUT2D eigenvalue weighted by atomic mass is 9.82. The van der Waals surface area contributed by atoms with Crippen LogP contribution in [0.15, 0.2) is 22.7 Å². The predicted molar refractivity (Wildman–Crippen MR) is 67.6 cm³/mol. The van der Waals surface area contributed by atoms with Crippen LogP contribution in [-0.2, 0) is 6.54 Å². The minimum Gasteiger partial charge on any atom is -0.399 e. The number of nitrogen functional groups attached to an aromatic ring is 1. The number of rotatable bonds is 3. The molecule has 1 fully saturated rings. The molecular weight excluding hydrogens is 252 g/mol. The highest BCUT2D eigenvalue weighted by molar-refractivity contribution is 9.10. The standard InChI is InChI=1S/C12H17BrN2/c1-8-4-11(5-8)15-7-9-6-10(14)2-3-12(9)13/h2-3,6,8,11,15H,4-5,7,14H2,1H3. The first kappa shape index (κ1) is 11.0. The Bertz CT molecular complexity index is 345. The summed E-state index contributed by atoms with van der Waals surface area (Å²) in [5, 5.41) is 3.55. The maximum Gasteiger partial charge on any atom is 0.0318 e. The summed E-state index contributed by atoms with van der Waals surface area (Å²) >= 11 is 3.54. The fourth-order valence-corrected chi connectivity index (χ4v) is 2.44. The lowest BCUT2D eigenvalue weighted by molar-refractivity contribution is 0.240. The highest BCUT2D eigenvalue weighted by atomic mass is 79.9. The Balaban J connectivity index is 1.90. The number of halogens is 1. The zero-order valence-electron chi connectivity index (χ0n) is 8.96. The van der Waals surface area contributed by atoms with Crippen LogP contribution in [0.1, 0.15) is 25.3 Å². The van der Waals surface area contributed by atoms with Gasteiger partial charge in [0.25, 0.3) is 0 Å². The summed E-state index contributed by atoms with van der Waals surface area (Å²) in [6, 6.07) is 6.65. The second kappa shape index (κ2) is 4.54. The fraction of sp³-hybridized carbons (Fsp3) is 0.500. The van der Waals surface area contributed by atoms with Crippen LogP contribution in [0.3, 0.4) is 0 Å². The van der Waals surface area contributed by atoms with Crippen molar-refractivity contribution in [3.8, 4) is 0 Å². The van der Waals surface area contributed by atoms with Crippen LogP contribution >= 0.6 is 15.9 Å². The molecule has 1 aromatic carbocycles. The molecule has 0 radical (unpaired) electrons. The maximum atomic E-state index is 5.75. The quantitative estimate of drug-likeness (QED) is 0.828. The van der Waals surface area contributed by atoms with E-state index in [1.54, 1.807) is 0 Å². The van der Waals surface area contributed by atoms with Gasteiger partial charge in [-0.3, -0.25) is 0 Å². The molecule has 15 heavy (non-hydrogen) atoms. The van der Waals surface area contributed by atoms with Crippen LogP contribution in [0.25, 0.3) is 0 Å². The average molecular weight is 269 g/mol. The monoisotopic (exact) mass is 268 g/mol. The van der Waals surface area contributed by atoms with E-state index in [-0.39, 0.29) is 0 Å². The number of benzene rings is 1. The summed E-state index contributed by atoms with van der Waals surface area (Å²) in [4.78, 5) is 0. The molecule has 0 bridgehead atoms. The SMILES string of the molecule is CC1CC(NCc2cc(N)ccc2Br)C1. The number of nitrogens with one attached hydrogen (secondary N) is 1. The van der Waals surface area contributed by atoms with Crippen molar-refractivity contribution in [3.63, 3.8) is 0 Å². The van der Waals surface area contributed by atoms with Crippen LogP contribution < -0.4 is 11.1 Å². The van der Waals surface area contributed by atoms with E-state index in [0.717, 1.165) is 22.6 Å².